The average molecular weight is 161 g/mol. The zero-order valence-electron chi connectivity index (χ0n) is 5.98. The molecule has 53 valence electrons. The van der Waals surface area contributed by atoms with Crippen LogP contribution in [0.5, 0.6) is 0 Å². The molecular weight excluding hydrogens is 148 g/mol. The summed E-state index contributed by atoms with van der Waals surface area (Å²) >= 11 is 0. The molecule has 0 saturated heterocycles. The predicted octanol–water partition coefficient (Wildman–Crippen LogP) is 0.674. The summed E-state index contributed by atoms with van der Waals surface area (Å²) < 4.78 is 5.07. The van der Waals surface area contributed by atoms with Crippen molar-refractivity contribution >= 4 is 18.8 Å². The minimum absolute atomic E-state index is 0.270. The lowest BCUT2D eigenvalue weighted by Gasteiger charge is -2.18. The van der Waals surface area contributed by atoms with Crippen LogP contribution in [-0.2, 0) is 4.12 Å². The van der Waals surface area contributed by atoms with E-state index in [1.165, 1.54) is 0 Å². The molecule has 0 aromatic carbocycles. The van der Waals surface area contributed by atoms with Crippen molar-refractivity contribution < 1.29 is 9.22 Å². The molecule has 0 aliphatic carbocycles. The van der Waals surface area contributed by atoms with Gasteiger partial charge in [-0.05, 0) is 25.6 Å². The second-order valence-electron chi connectivity index (χ2n) is 2.69. The molecule has 9 heavy (non-hydrogen) atoms. The Morgan fingerprint density at radius 1 is 1.56 bits per heavy atom. The summed E-state index contributed by atoms with van der Waals surface area (Å²) in [6, 6.07) is 1.01. The van der Waals surface area contributed by atoms with Gasteiger partial charge in [0.05, 0.1) is 0 Å². The Morgan fingerprint density at radius 3 is 2.44 bits per heavy atom. The lowest BCUT2D eigenvalue weighted by Crippen LogP contribution is -2.28. The summed E-state index contributed by atoms with van der Waals surface area (Å²) in [5.74, 6) is 0. The van der Waals surface area contributed by atoms with Crippen LogP contribution in [0.25, 0.3) is 0 Å². The third kappa shape index (κ3) is 4.83. The van der Waals surface area contributed by atoms with E-state index in [1.807, 2.05) is 0 Å². The lowest BCUT2D eigenvalue weighted by atomic mass is 10.5. The van der Waals surface area contributed by atoms with E-state index in [-0.39, 0.29) is 6.61 Å². The zero-order chi connectivity index (χ0) is 7.33. The third-order valence-electron chi connectivity index (χ3n) is 1.21. The monoisotopic (exact) mass is 161 g/mol. The number of aliphatic hydroxyl groups excluding tert-OH is 1. The Hall–Kier alpha value is 0.354. The molecule has 1 N–H and O–H groups in total. The summed E-state index contributed by atoms with van der Waals surface area (Å²) in [6.07, 6.45) is 0.851. The number of rotatable bonds is 4. The van der Waals surface area contributed by atoms with Crippen molar-refractivity contribution in [3.8, 4) is 0 Å². The van der Waals surface area contributed by atoms with Crippen molar-refractivity contribution in [3.05, 3.63) is 0 Å². The second kappa shape index (κ2) is 4.21. The van der Waals surface area contributed by atoms with Crippen molar-refractivity contribution in [1.82, 2.24) is 0 Å². The van der Waals surface area contributed by atoms with Crippen LogP contribution in [0, 0.1) is 0 Å². The highest BCUT2D eigenvalue weighted by atomic mass is 28.4. The maximum Gasteiger partial charge on any atom is 0.230 e. The fourth-order valence-electron chi connectivity index (χ4n) is 0.556. The molecule has 4 heteroatoms. The van der Waals surface area contributed by atoms with Gasteiger partial charge in [-0.2, -0.15) is 0 Å². The van der Waals surface area contributed by atoms with Crippen molar-refractivity contribution in [1.29, 1.82) is 0 Å². The summed E-state index contributed by atoms with van der Waals surface area (Å²) in [6.45, 7) is 4.48. The van der Waals surface area contributed by atoms with Gasteiger partial charge in [-0.1, -0.05) is 0 Å². The van der Waals surface area contributed by atoms with E-state index in [0.717, 1.165) is 12.5 Å². The van der Waals surface area contributed by atoms with Crippen LogP contribution in [0.3, 0.4) is 0 Å². The highest BCUT2D eigenvalue weighted by Crippen LogP contribution is 2.10. The van der Waals surface area contributed by atoms with E-state index >= 15 is 0 Å². The normalized spacial score (nSPS) is 12.0. The van der Waals surface area contributed by atoms with Gasteiger partial charge in [0.2, 0.25) is 10.5 Å². The smallest absolute Gasteiger partial charge is 0.230 e. The van der Waals surface area contributed by atoms with Crippen LogP contribution in [0.4, 0.5) is 0 Å². The standard InChI is InChI=1S/C5H13O2Si2/c1-9(2,7-8)5-3-4-6/h6H,3-5H2,1-2H3. The maximum absolute atomic E-state index is 8.48. The van der Waals surface area contributed by atoms with Gasteiger partial charge in [0.15, 0.2) is 8.32 Å². The summed E-state index contributed by atoms with van der Waals surface area (Å²) in [4.78, 5) is 0. The van der Waals surface area contributed by atoms with Crippen LogP contribution in [0.2, 0.25) is 19.1 Å². The first kappa shape index (κ1) is 9.35. The molecule has 0 amide bonds. The Bertz CT molecular complexity index is 75.4. The van der Waals surface area contributed by atoms with Gasteiger partial charge in [-0.3, -0.25) is 0 Å². The van der Waals surface area contributed by atoms with Crippen LogP contribution in [-0.4, -0.2) is 30.5 Å². The molecule has 0 aromatic rings. The number of hydrogen-bond donors (Lipinski definition) is 1. The molecule has 0 aliphatic heterocycles. The van der Waals surface area contributed by atoms with E-state index < -0.39 is 8.32 Å². The van der Waals surface area contributed by atoms with Crippen molar-refractivity contribution in [2.75, 3.05) is 6.61 Å². The first-order chi connectivity index (χ1) is 4.12. The minimum Gasteiger partial charge on any atom is -0.457 e. The maximum atomic E-state index is 8.48. The van der Waals surface area contributed by atoms with Gasteiger partial charge in [0.25, 0.3) is 0 Å². The first-order valence-electron chi connectivity index (χ1n) is 3.08. The molecule has 0 aliphatic rings. The Labute approximate surface area is 60.9 Å². The third-order valence-corrected chi connectivity index (χ3v) is 4.98. The van der Waals surface area contributed by atoms with Gasteiger partial charge in [0, 0.05) is 6.61 Å². The zero-order valence-corrected chi connectivity index (χ0v) is 7.98. The molecule has 0 rings (SSSR count). The molecule has 0 heterocycles. The summed E-state index contributed by atoms with van der Waals surface area (Å²) in [7, 11) is 1.58. The van der Waals surface area contributed by atoms with E-state index in [0.29, 0.717) is 0 Å². The Balaban J connectivity index is 3.33. The number of aliphatic hydroxyl groups is 1. The van der Waals surface area contributed by atoms with Crippen molar-refractivity contribution in [3.63, 3.8) is 0 Å². The molecular formula is C5H13O2Si2. The first-order valence-corrected chi connectivity index (χ1v) is 6.60. The highest BCUT2D eigenvalue weighted by molar-refractivity contribution is 6.73. The predicted molar refractivity (Wildman–Crippen MR) is 40.8 cm³/mol. The molecule has 0 fully saturated rings. The molecule has 0 spiro atoms. The molecule has 2 nitrogen and oxygen atoms in total. The molecule has 0 bridgehead atoms. The Morgan fingerprint density at radius 2 is 2.11 bits per heavy atom. The fraction of sp³-hybridized carbons (Fsp3) is 1.00. The molecule has 0 saturated carbocycles. The Kier molecular flexibility index (Phi) is 4.38. The number of hydrogen-bond acceptors (Lipinski definition) is 2. The molecule has 0 aromatic heterocycles. The van der Waals surface area contributed by atoms with Crippen LogP contribution >= 0.6 is 0 Å². The van der Waals surface area contributed by atoms with Crippen molar-refractivity contribution in [2.24, 2.45) is 0 Å². The van der Waals surface area contributed by atoms with Gasteiger partial charge < -0.3 is 9.22 Å². The minimum atomic E-state index is -1.44. The molecule has 3 radical (unpaired) electrons. The second-order valence-corrected chi connectivity index (χ2v) is 7.52. The largest absolute Gasteiger partial charge is 0.457 e. The van der Waals surface area contributed by atoms with Gasteiger partial charge in [0.1, 0.15) is 0 Å². The quantitative estimate of drug-likeness (QED) is 0.614. The van der Waals surface area contributed by atoms with E-state index in [9.17, 15) is 0 Å². The van der Waals surface area contributed by atoms with Crippen LogP contribution in [0.1, 0.15) is 6.42 Å². The topological polar surface area (TPSA) is 29.5 Å². The van der Waals surface area contributed by atoms with E-state index in [4.69, 9.17) is 9.22 Å². The SMILES string of the molecule is C[Si](C)(CCCO)O[Si]. The van der Waals surface area contributed by atoms with E-state index in [2.05, 4.69) is 23.6 Å². The molecule has 0 atom stereocenters. The lowest BCUT2D eigenvalue weighted by molar-refractivity contribution is 0.293. The summed E-state index contributed by atoms with van der Waals surface area (Å²) in [5.41, 5.74) is 0. The molecule has 0 unspecified atom stereocenters. The highest BCUT2D eigenvalue weighted by Gasteiger charge is 2.18. The van der Waals surface area contributed by atoms with Gasteiger partial charge in [-0.15, -0.1) is 0 Å². The fourth-order valence-corrected chi connectivity index (χ4v) is 1.97. The van der Waals surface area contributed by atoms with Crippen LogP contribution in [0.15, 0.2) is 0 Å². The summed E-state index contributed by atoms with van der Waals surface area (Å²) in [5, 5.41) is 8.48. The van der Waals surface area contributed by atoms with Gasteiger partial charge >= 0.3 is 0 Å². The van der Waals surface area contributed by atoms with Crippen molar-refractivity contribution in [2.45, 2.75) is 25.6 Å². The van der Waals surface area contributed by atoms with Gasteiger partial charge in [-0.25, -0.2) is 0 Å². The van der Waals surface area contributed by atoms with E-state index in [1.54, 1.807) is 0 Å². The average Bonchev–Trinajstić information content (AvgIpc) is 1.84. The van der Waals surface area contributed by atoms with Crippen LogP contribution < -0.4 is 0 Å².